The highest BCUT2D eigenvalue weighted by molar-refractivity contribution is 6.31. The topological polar surface area (TPSA) is 23.8 Å². The summed E-state index contributed by atoms with van der Waals surface area (Å²) in [6.07, 6.45) is 0. The first-order valence-corrected chi connectivity index (χ1v) is 1.39. The highest BCUT2D eigenvalue weighted by Gasteiger charge is 1.68. The fourth-order valence-corrected chi connectivity index (χ4v) is 0. The molecule has 0 bridgehead atoms. The third kappa shape index (κ3) is 9.18. The number of halogens is 2. The Morgan fingerprint density at radius 2 is 2.00 bits per heavy atom. The Hall–Kier alpha value is -0.190. The van der Waals surface area contributed by atoms with Gasteiger partial charge in [-0.3, -0.25) is 0 Å². The van der Waals surface area contributed by atoms with Gasteiger partial charge in [0.2, 0.25) is 0 Å². The van der Waals surface area contributed by atoms with E-state index in [9.17, 15) is 0 Å². The molecule has 3 heteroatoms. The number of hydrogen-bond donors (Lipinski definition) is 0. The van der Waals surface area contributed by atoms with Crippen LogP contribution in [0.2, 0.25) is 0 Å². The van der Waals surface area contributed by atoms with Crippen molar-refractivity contribution in [1.82, 2.24) is 0 Å². The molecule has 0 aliphatic rings. The van der Waals surface area contributed by atoms with Gasteiger partial charge in [-0.05, 0) is 0 Å². The number of nitriles is 1. The lowest BCUT2D eigenvalue weighted by Crippen LogP contribution is -1.44. The monoisotopic (exact) mass is 123 g/mol. The highest BCUT2D eigenvalue weighted by atomic mass is 35.5. The molecule has 6 heavy (non-hydrogen) atoms. The minimum Gasteiger partial charge on any atom is -0.191 e. The van der Waals surface area contributed by atoms with E-state index in [-0.39, 0.29) is 17.4 Å². The van der Waals surface area contributed by atoms with Crippen molar-refractivity contribution < 1.29 is 0 Å². The van der Waals surface area contributed by atoms with E-state index in [1.165, 1.54) is 0 Å². The number of hydrogen-bond acceptors (Lipinski definition) is 1. The van der Waals surface area contributed by atoms with Gasteiger partial charge >= 0.3 is 0 Å². The molecular weight excluding hydrogens is 121 g/mol. The van der Waals surface area contributed by atoms with Gasteiger partial charge in [0.15, 0.2) is 0 Å². The molecule has 0 aliphatic carbocycles. The summed E-state index contributed by atoms with van der Waals surface area (Å²) in [7, 11) is 0. The molecule has 0 aromatic rings. The molecule has 0 spiro atoms. The molecule has 34 valence electrons. The van der Waals surface area contributed by atoms with Gasteiger partial charge in [0.05, 0.1) is 0 Å². The molecule has 0 N–H and O–H groups in total. The summed E-state index contributed by atoms with van der Waals surface area (Å²) in [5, 5.41) is 7.69. The van der Waals surface area contributed by atoms with Crippen molar-refractivity contribution in [2.75, 3.05) is 0 Å². The lowest BCUT2D eigenvalue weighted by molar-refractivity contribution is 1.53. The fourth-order valence-electron chi connectivity index (χ4n) is 0. The van der Waals surface area contributed by atoms with Crippen molar-refractivity contribution in [2.24, 2.45) is 0 Å². The van der Waals surface area contributed by atoms with E-state index in [4.69, 9.17) is 16.9 Å². The summed E-state index contributed by atoms with van der Waals surface area (Å²) < 4.78 is 0. The summed E-state index contributed by atoms with van der Waals surface area (Å²) in [6, 6.07) is 1.60. The summed E-state index contributed by atoms with van der Waals surface area (Å²) >= 11 is 4.91. The quantitative estimate of drug-likeness (QED) is 0.450. The minimum absolute atomic E-state index is 0. The molecule has 0 rings (SSSR count). The summed E-state index contributed by atoms with van der Waals surface area (Å²) in [5.41, 5.74) is 0. The van der Waals surface area contributed by atoms with E-state index in [0.717, 1.165) is 0 Å². The van der Waals surface area contributed by atoms with E-state index < -0.39 is 0 Å². The first-order valence-electron chi connectivity index (χ1n) is 1.02. The van der Waals surface area contributed by atoms with Crippen LogP contribution in [0.3, 0.4) is 0 Å². The lowest BCUT2D eigenvalue weighted by atomic mass is 10.7. The maximum Gasteiger partial charge on any atom is 0.111 e. The second-order valence-corrected chi connectivity index (χ2v) is 0.973. The SMILES string of the molecule is C=C(Cl)C#N.Cl. The van der Waals surface area contributed by atoms with Crippen LogP contribution in [-0.2, 0) is 0 Å². The van der Waals surface area contributed by atoms with Gasteiger partial charge in [0.25, 0.3) is 0 Å². The zero-order valence-corrected chi connectivity index (χ0v) is 4.51. The highest BCUT2D eigenvalue weighted by Crippen LogP contribution is 1.88. The van der Waals surface area contributed by atoms with E-state index in [1.54, 1.807) is 6.07 Å². The number of allylic oxidation sites excluding steroid dienone is 1. The zero-order valence-electron chi connectivity index (χ0n) is 2.94. The normalized spacial score (nSPS) is 4.67. The van der Waals surface area contributed by atoms with Gasteiger partial charge in [0.1, 0.15) is 11.1 Å². The molecule has 0 saturated heterocycles. The standard InChI is InChI=1S/C3H2ClN.ClH/c1-3(4)2-5;/h1H2;1H. The Balaban J connectivity index is 0. The van der Waals surface area contributed by atoms with Crippen molar-refractivity contribution in [1.29, 1.82) is 5.26 Å². The van der Waals surface area contributed by atoms with Crippen LogP contribution in [0.4, 0.5) is 0 Å². The van der Waals surface area contributed by atoms with Gasteiger partial charge in [0, 0.05) is 0 Å². The van der Waals surface area contributed by atoms with Crippen LogP contribution in [0.5, 0.6) is 0 Å². The lowest BCUT2D eigenvalue weighted by Gasteiger charge is -1.58. The molecule has 0 aromatic carbocycles. The third-order valence-electron chi connectivity index (χ3n) is 0.121. The second kappa shape index (κ2) is 4.81. The Kier molecular flexibility index (Phi) is 7.42. The van der Waals surface area contributed by atoms with Crippen LogP contribution >= 0.6 is 24.0 Å². The van der Waals surface area contributed by atoms with Crippen molar-refractivity contribution in [3.63, 3.8) is 0 Å². The Bertz CT molecular complexity index is 81.3. The smallest absolute Gasteiger partial charge is 0.111 e. The van der Waals surface area contributed by atoms with Crippen LogP contribution in [0, 0.1) is 11.3 Å². The second-order valence-electron chi connectivity index (χ2n) is 0.517. The predicted octanol–water partition coefficient (Wildman–Crippen LogP) is 1.68. The van der Waals surface area contributed by atoms with Crippen LogP contribution in [0.15, 0.2) is 11.6 Å². The molecule has 0 heterocycles. The van der Waals surface area contributed by atoms with E-state index in [0.29, 0.717) is 0 Å². The molecule has 0 saturated carbocycles. The molecule has 0 fully saturated rings. The predicted molar refractivity (Wildman–Crippen MR) is 27.9 cm³/mol. The molecule has 0 unspecified atom stereocenters. The summed E-state index contributed by atoms with van der Waals surface area (Å²) in [4.78, 5) is 0. The van der Waals surface area contributed by atoms with Gasteiger partial charge in [-0.15, -0.1) is 12.4 Å². The molecule has 0 atom stereocenters. The Morgan fingerprint density at radius 1 is 1.83 bits per heavy atom. The number of rotatable bonds is 0. The average molecular weight is 124 g/mol. The van der Waals surface area contributed by atoms with Crippen LogP contribution in [0.1, 0.15) is 0 Å². The van der Waals surface area contributed by atoms with Crippen molar-refractivity contribution in [3.8, 4) is 6.07 Å². The largest absolute Gasteiger partial charge is 0.191 e. The van der Waals surface area contributed by atoms with Crippen molar-refractivity contribution in [3.05, 3.63) is 11.6 Å². The summed E-state index contributed by atoms with van der Waals surface area (Å²) in [5.74, 6) is 0. The molecule has 0 aromatic heterocycles. The first-order chi connectivity index (χ1) is 2.27. The van der Waals surface area contributed by atoms with Gasteiger partial charge in [-0.25, -0.2) is 0 Å². The van der Waals surface area contributed by atoms with Gasteiger partial charge in [-0.1, -0.05) is 18.2 Å². The summed E-state index contributed by atoms with van der Waals surface area (Å²) in [6.45, 7) is 3.08. The molecule has 0 amide bonds. The third-order valence-corrected chi connectivity index (χ3v) is 0.206. The maximum atomic E-state index is 7.66. The van der Waals surface area contributed by atoms with Crippen molar-refractivity contribution in [2.45, 2.75) is 0 Å². The van der Waals surface area contributed by atoms with Gasteiger partial charge in [-0.2, -0.15) is 5.26 Å². The Morgan fingerprint density at radius 3 is 2.00 bits per heavy atom. The van der Waals surface area contributed by atoms with E-state index >= 15 is 0 Å². The average Bonchev–Trinajstić information content (AvgIpc) is 1.38. The van der Waals surface area contributed by atoms with Gasteiger partial charge < -0.3 is 0 Å². The minimum atomic E-state index is 0. The van der Waals surface area contributed by atoms with Crippen LogP contribution < -0.4 is 0 Å². The van der Waals surface area contributed by atoms with Crippen LogP contribution in [0.25, 0.3) is 0 Å². The molecule has 1 nitrogen and oxygen atoms in total. The fraction of sp³-hybridized carbons (Fsp3) is 0. The number of nitrogens with zero attached hydrogens (tertiary/aromatic N) is 1. The first kappa shape index (κ1) is 9.26. The maximum absolute atomic E-state index is 7.66. The Labute approximate surface area is 47.6 Å². The molecule has 0 radical (unpaired) electrons. The zero-order chi connectivity index (χ0) is 4.28. The molecule has 0 aliphatic heterocycles. The van der Waals surface area contributed by atoms with E-state index in [2.05, 4.69) is 6.58 Å². The van der Waals surface area contributed by atoms with Crippen molar-refractivity contribution >= 4 is 24.0 Å². The molecular formula is C3H3Cl2N. The van der Waals surface area contributed by atoms with Crippen LogP contribution in [-0.4, -0.2) is 0 Å². The van der Waals surface area contributed by atoms with E-state index in [1.807, 2.05) is 0 Å².